The molecule has 2 nitrogen and oxygen atoms in total. The van der Waals surface area contributed by atoms with Crippen molar-refractivity contribution >= 4 is 23.4 Å². The van der Waals surface area contributed by atoms with Crippen LogP contribution in [0.5, 0.6) is 0 Å². The second-order valence-corrected chi connectivity index (χ2v) is 6.72. The van der Waals surface area contributed by atoms with Crippen LogP contribution in [0.4, 0.5) is 0 Å². The molecule has 1 aromatic carbocycles. The number of aromatic nitrogens is 1. The zero-order valence-corrected chi connectivity index (χ0v) is 13.7. The van der Waals surface area contributed by atoms with Gasteiger partial charge in [0.25, 0.3) is 0 Å². The van der Waals surface area contributed by atoms with E-state index < -0.39 is 0 Å². The number of rotatable bonds is 3. The fraction of sp³-hybridized carbons (Fsp3) is 0.389. The van der Waals surface area contributed by atoms with Crippen LogP contribution in [0.1, 0.15) is 29.9 Å². The molecular weight excluding hydrogens is 312 g/mol. The van der Waals surface area contributed by atoms with Crippen molar-refractivity contribution in [2.24, 2.45) is 0 Å². The van der Waals surface area contributed by atoms with E-state index in [1.807, 2.05) is 30.8 Å². The van der Waals surface area contributed by atoms with Crippen molar-refractivity contribution < 1.29 is 0 Å². The maximum Gasteiger partial charge on any atom is 0.0544 e. The Morgan fingerprint density at radius 1 is 1.18 bits per heavy atom. The molecule has 1 aliphatic rings. The third-order valence-electron chi connectivity index (χ3n) is 3.74. The number of halogens is 1. The van der Waals surface area contributed by atoms with Crippen LogP contribution < -0.4 is 5.32 Å². The van der Waals surface area contributed by atoms with Gasteiger partial charge in [0.15, 0.2) is 0 Å². The lowest BCUT2D eigenvalue weighted by atomic mass is 10.0. The van der Waals surface area contributed by atoms with Crippen molar-refractivity contribution in [1.29, 1.82) is 0 Å². The average Bonchev–Trinajstić information content (AvgIpc) is 2.72. The first-order valence-electron chi connectivity index (χ1n) is 7.30. The number of pyridine rings is 1. The minimum atomic E-state index is 0. The summed E-state index contributed by atoms with van der Waals surface area (Å²) >= 11 is 8.26. The Labute approximate surface area is 142 Å². The summed E-state index contributed by atoms with van der Waals surface area (Å²) in [4.78, 5) is 5.81. The molecule has 2 aromatic rings. The fourth-order valence-corrected chi connectivity index (χ4v) is 4.10. The molecule has 0 atom stereocenters. The number of aryl methyl sites for hydroxylation is 1. The smallest absolute Gasteiger partial charge is 0.0544 e. The first-order chi connectivity index (χ1) is 10.2. The highest BCUT2D eigenvalue weighted by atomic mass is 35.5. The zero-order chi connectivity index (χ0) is 14.7. The molecule has 2 heterocycles. The Bertz CT molecular complexity index is 643. The predicted molar refractivity (Wildman–Crippen MR) is 97.0 cm³/mol. The molecule has 0 amide bonds. The Kier molecular flexibility index (Phi) is 6.30. The lowest BCUT2D eigenvalue weighted by Gasteiger charge is -2.13. The lowest BCUT2D eigenvalue weighted by Crippen LogP contribution is -2.16. The van der Waals surface area contributed by atoms with Gasteiger partial charge in [-0.15, -0.1) is 11.8 Å². The van der Waals surface area contributed by atoms with Crippen LogP contribution in [0, 0.1) is 6.92 Å². The fourth-order valence-electron chi connectivity index (χ4n) is 2.69. The third kappa shape index (κ3) is 4.03. The van der Waals surface area contributed by atoms with Gasteiger partial charge in [-0.2, -0.15) is 0 Å². The van der Waals surface area contributed by atoms with E-state index in [2.05, 4.69) is 28.5 Å². The summed E-state index contributed by atoms with van der Waals surface area (Å²) in [5.74, 6) is 0.866. The summed E-state index contributed by atoms with van der Waals surface area (Å²) in [7, 11) is 0. The second-order valence-electron chi connectivity index (χ2n) is 5.32. The van der Waals surface area contributed by atoms with Gasteiger partial charge in [0.1, 0.15) is 0 Å². The summed E-state index contributed by atoms with van der Waals surface area (Å²) in [6, 6.07) is 10.4. The predicted octanol–water partition coefficient (Wildman–Crippen LogP) is 4.66. The minimum Gasteiger partial charge on any atom is -0.316 e. The van der Waals surface area contributed by atoms with Gasteiger partial charge in [-0.05, 0) is 62.2 Å². The van der Waals surface area contributed by atoms with Crippen molar-refractivity contribution in [3.63, 3.8) is 0 Å². The van der Waals surface area contributed by atoms with E-state index in [0.29, 0.717) is 0 Å². The first kappa shape index (κ1) is 17.3. The molecule has 0 unspecified atom stereocenters. The SMILES string of the molecule is C.Cc1cccc(CSc2c(Cl)ccc3c2CCNCC3)n1. The number of nitrogens with one attached hydrogen (secondary N) is 1. The van der Waals surface area contributed by atoms with E-state index in [4.69, 9.17) is 11.6 Å². The first-order valence-corrected chi connectivity index (χ1v) is 8.67. The Morgan fingerprint density at radius 3 is 2.82 bits per heavy atom. The Hall–Kier alpha value is -1.03. The minimum absolute atomic E-state index is 0. The molecule has 1 aliphatic heterocycles. The van der Waals surface area contributed by atoms with E-state index in [1.165, 1.54) is 16.0 Å². The summed E-state index contributed by atoms with van der Waals surface area (Å²) < 4.78 is 0. The number of hydrogen-bond acceptors (Lipinski definition) is 3. The van der Waals surface area contributed by atoms with Gasteiger partial charge in [-0.3, -0.25) is 4.98 Å². The van der Waals surface area contributed by atoms with Crippen molar-refractivity contribution in [2.45, 2.75) is 37.8 Å². The van der Waals surface area contributed by atoms with Gasteiger partial charge in [-0.25, -0.2) is 0 Å². The monoisotopic (exact) mass is 334 g/mol. The molecular formula is C18H23ClN2S. The van der Waals surface area contributed by atoms with Gasteiger partial charge >= 0.3 is 0 Å². The molecule has 0 aliphatic carbocycles. The van der Waals surface area contributed by atoms with Crippen LogP contribution in [0.3, 0.4) is 0 Å². The third-order valence-corrected chi connectivity index (χ3v) is 5.36. The number of thioether (sulfide) groups is 1. The molecule has 0 radical (unpaired) electrons. The topological polar surface area (TPSA) is 24.9 Å². The second kappa shape index (κ2) is 8.00. The van der Waals surface area contributed by atoms with E-state index in [0.717, 1.165) is 48.1 Å². The van der Waals surface area contributed by atoms with Crippen LogP contribution in [-0.4, -0.2) is 18.1 Å². The standard InChI is InChI=1S/C17H19ClN2S.CH4/c1-12-3-2-4-14(20-12)11-21-17-15-8-10-19-9-7-13(15)5-6-16(17)18;/h2-6,19H,7-11H2,1H3;1H4. The summed E-state index contributed by atoms with van der Waals surface area (Å²) in [6.45, 7) is 4.11. The molecule has 1 N–H and O–H groups in total. The Morgan fingerprint density at radius 2 is 2.00 bits per heavy atom. The number of benzene rings is 1. The van der Waals surface area contributed by atoms with E-state index in [1.54, 1.807) is 0 Å². The van der Waals surface area contributed by atoms with Crippen molar-refractivity contribution in [1.82, 2.24) is 10.3 Å². The molecule has 0 saturated heterocycles. The van der Waals surface area contributed by atoms with E-state index >= 15 is 0 Å². The highest BCUT2D eigenvalue weighted by molar-refractivity contribution is 7.98. The van der Waals surface area contributed by atoms with Gasteiger partial charge in [-0.1, -0.05) is 31.2 Å². The highest BCUT2D eigenvalue weighted by Crippen LogP contribution is 2.35. The molecule has 4 heteroatoms. The van der Waals surface area contributed by atoms with Gasteiger partial charge in [0.05, 0.1) is 10.7 Å². The quantitative estimate of drug-likeness (QED) is 0.826. The molecule has 3 rings (SSSR count). The molecule has 0 spiro atoms. The Balaban J connectivity index is 0.00000176. The van der Waals surface area contributed by atoms with Gasteiger partial charge in [0, 0.05) is 16.3 Å². The molecule has 1 aromatic heterocycles. The summed E-state index contributed by atoms with van der Waals surface area (Å²) in [5.41, 5.74) is 5.03. The summed E-state index contributed by atoms with van der Waals surface area (Å²) in [5, 5.41) is 4.33. The van der Waals surface area contributed by atoms with Crippen LogP contribution >= 0.6 is 23.4 Å². The molecule has 118 valence electrons. The van der Waals surface area contributed by atoms with Crippen molar-refractivity contribution in [3.8, 4) is 0 Å². The van der Waals surface area contributed by atoms with E-state index in [-0.39, 0.29) is 7.43 Å². The van der Waals surface area contributed by atoms with Crippen LogP contribution in [0.15, 0.2) is 35.2 Å². The number of fused-ring (bicyclic) bond motifs is 1. The maximum atomic E-state index is 6.45. The number of hydrogen-bond donors (Lipinski definition) is 1. The highest BCUT2D eigenvalue weighted by Gasteiger charge is 2.15. The van der Waals surface area contributed by atoms with Gasteiger partial charge in [0.2, 0.25) is 0 Å². The normalized spacial score (nSPS) is 13.9. The van der Waals surface area contributed by atoms with Crippen molar-refractivity contribution in [2.75, 3.05) is 13.1 Å². The molecule has 0 saturated carbocycles. The largest absolute Gasteiger partial charge is 0.316 e. The van der Waals surface area contributed by atoms with Crippen molar-refractivity contribution in [3.05, 3.63) is 57.9 Å². The number of nitrogens with zero attached hydrogens (tertiary/aromatic N) is 1. The molecule has 0 fully saturated rings. The maximum absolute atomic E-state index is 6.45. The van der Waals surface area contributed by atoms with Crippen LogP contribution in [0.25, 0.3) is 0 Å². The molecule has 0 bridgehead atoms. The van der Waals surface area contributed by atoms with Gasteiger partial charge < -0.3 is 5.32 Å². The zero-order valence-electron chi connectivity index (χ0n) is 12.2. The molecule has 22 heavy (non-hydrogen) atoms. The van der Waals surface area contributed by atoms with Crippen LogP contribution in [-0.2, 0) is 18.6 Å². The van der Waals surface area contributed by atoms with E-state index in [9.17, 15) is 0 Å². The average molecular weight is 335 g/mol. The summed E-state index contributed by atoms with van der Waals surface area (Å²) in [6.07, 6.45) is 2.14. The lowest BCUT2D eigenvalue weighted by molar-refractivity contribution is 0.709. The van der Waals surface area contributed by atoms with Crippen LogP contribution in [0.2, 0.25) is 5.02 Å².